The van der Waals surface area contributed by atoms with E-state index in [1.165, 1.54) is 0 Å². The summed E-state index contributed by atoms with van der Waals surface area (Å²) >= 11 is 0. The minimum Gasteiger partial charge on any atom is -0.444 e. The molecule has 0 bridgehead atoms. The first-order chi connectivity index (χ1) is 17.0. The van der Waals surface area contributed by atoms with Crippen LogP contribution in [0.3, 0.4) is 0 Å². The number of rotatable bonds is 12. The fourth-order valence-electron chi connectivity index (χ4n) is 4.27. The van der Waals surface area contributed by atoms with Gasteiger partial charge in [0.05, 0.1) is 0 Å². The molecule has 2 atom stereocenters. The second kappa shape index (κ2) is 13.8. The molecule has 0 aromatic heterocycles. The van der Waals surface area contributed by atoms with Crippen molar-refractivity contribution in [2.45, 2.75) is 125 Å². The Morgan fingerprint density at radius 1 is 1.03 bits per heavy atom. The molecule has 0 aliphatic heterocycles. The van der Waals surface area contributed by atoms with Gasteiger partial charge in [-0.25, -0.2) is 4.79 Å². The fraction of sp³-hybridized carbons (Fsp3) is 0.700. The van der Waals surface area contributed by atoms with Gasteiger partial charge in [0.2, 0.25) is 11.8 Å². The number of benzene rings is 1. The number of amides is 3. The highest BCUT2D eigenvalue weighted by molar-refractivity contribution is 5.93. The molecule has 37 heavy (non-hydrogen) atoms. The molecule has 7 nitrogen and oxygen atoms in total. The first-order valence-electron chi connectivity index (χ1n) is 13.7. The van der Waals surface area contributed by atoms with Crippen molar-refractivity contribution < 1.29 is 19.1 Å². The molecule has 0 radical (unpaired) electrons. The summed E-state index contributed by atoms with van der Waals surface area (Å²) in [6, 6.07) is 4.28. The summed E-state index contributed by atoms with van der Waals surface area (Å²) in [6.45, 7) is 21.9. The lowest BCUT2D eigenvalue weighted by Crippen LogP contribution is -2.59. The molecule has 2 N–H and O–H groups in total. The monoisotopic (exact) mass is 517 g/mol. The Hall–Kier alpha value is -2.57. The van der Waals surface area contributed by atoms with Crippen molar-refractivity contribution in [3.63, 3.8) is 0 Å². The highest BCUT2D eigenvalue weighted by Gasteiger charge is 2.43. The molecule has 0 saturated heterocycles. The van der Waals surface area contributed by atoms with Gasteiger partial charge in [0, 0.05) is 12.1 Å². The first kappa shape index (κ1) is 32.5. The topological polar surface area (TPSA) is 87.7 Å². The molecule has 1 aromatic rings. The van der Waals surface area contributed by atoms with Crippen molar-refractivity contribution in [1.29, 1.82) is 0 Å². The second-order valence-corrected chi connectivity index (χ2v) is 12.1. The number of alkyl carbamates (subject to hydrolysis) is 1. The molecule has 0 saturated carbocycles. The molecule has 0 aliphatic carbocycles. The average Bonchev–Trinajstić information content (AvgIpc) is 2.75. The van der Waals surface area contributed by atoms with E-state index < -0.39 is 29.3 Å². The van der Waals surface area contributed by atoms with Gasteiger partial charge >= 0.3 is 6.09 Å². The van der Waals surface area contributed by atoms with Gasteiger partial charge in [-0.3, -0.25) is 9.59 Å². The summed E-state index contributed by atoms with van der Waals surface area (Å²) in [7, 11) is 0. The van der Waals surface area contributed by atoms with Gasteiger partial charge in [0.25, 0.3) is 0 Å². The minimum atomic E-state index is -0.838. The molecule has 7 heteroatoms. The van der Waals surface area contributed by atoms with Crippen molar-refractivity contribution in [1.82, 2.24) is 15.5 Å². The van der Waals surface area contributed by atoms with E-state index in [0.717, 1.165) is 29.5 Å². The summed E-state index contributed by atoms with van der Waals surface area (Å²) < 4.78 is 5.48. The minimum absolute atomic E-state index is 0.133. The lowest BCUT2D eigenvalue weighted by molar-refractivity contribution is -0.149. The highest BCUT2D eigenvalue weighted by atomic mass is 16.6. The molecule has 2 unspecified atom stereocenters. The van der Waals surface area contributed by atoms with Gasteiger partial charge in [-0.15, -0.1) is 0 Å². The van der Waals surface area contributed by atoms with Crippen LogP contribution in [0.15, 0.2) is 18.2 Å². The van der Waals surface area contributed by atoms with Gasteiger partial charge in [-0.05, 0) is 84.8 Å². The van der Waals surface area contributed by atoms with E-state index in [4.69, 9.17) is 4.74 Å². The molecule has 0 aliphatic rings. The van der Waals surface area contributed by atoms with Crippen molar-refractivity contribution in [3.8, 4) is 0 Å². The highest BCUT2D eigenvalue weighted by Crippen LogP contribution is 2.34. The maximum absolute atomic E-state index is 14.4. The number of aryl methyl sites for hydroxylation is 2. The molecule has 1 rings (SSSR count). The largest absolute Gasteiger partial charge is 0.444 e. The number of carbonyl (C=O) groups excluding carboxylic acids is 3. The van der Waals surface area contributed by atoms with Crippen LogP contribution in [0, 0.1) is 19.8 Å². The van der Waals surface area contributed by atoms with E-state index >= 15 is 0 Å². The zero-order valence-corrected chi connectivity index (χ0v) is 25.1. The first-order valence-corrected chi connectivity index (χ1v) is 13.7. The van der Waals surface area contributed by atoms with E-state index in [2.05, 4.69) is 17.6 Å². The Morgan fingerprint density at radius 2 is 1.65 bits per heavy atom. The normalized spacial score (nSPS) is 13.6. The molecule has 0 heterocycles. The molecular weight excluding hydrogens is 466 g/mol. The third kappa shape index (κ3) is 10.0. The van der Waals surface area contributed by atoms with Crippen LogP contribution in [0.1, 0.15) is 111 Å². The number of hydrogen-bond acceptors (Lipinski definition) is 4. The molecule has 3 amide bonds. The smallest absolute Gasteiger partial charge is 0.408 e. The summed E-state index contributed by atoms with van der Waals surface area (Å²) in [5, 5.41) is 5.88. The number of nitrogens with zero attached hydrogens (tertiary/aromatic N) is 1. The Labute approximate surface area is 225 Å². The number of ether oxygens (including phenoxy) is 1. The molecule has 210 valence electrons. The SMILES string of the molecule is CCCCNC(=O)C(c1ccc(C)cc1C)N(C(=O)C(CC(C)C)NC(=O)OC(C)(C)C)C(C)(C)CC. The summed E-state index contributed by atoms with van der Waals surface area (Å²) in [6.07, 6.45) is 2.21. The van der Waals surface area contributed by atoms with Crippen molar-refractivity contribution >= 4 is 17.9 Å². The van der Waals surface area contributed by atoms with Gasteiger partial charge in [-0.2, -0.15) is 0 Å². The van der Waals surface area contributed by atoms with Gasteiger partial charge in [-0.1, -0.05) is 57.9 Å². The molecular formula is C30H51N3O4. The third-order valence-corrected chi connectivity index (χ3v) is 6.51. The summed E-state index contributed by atoms with van der Waals surface area (Å²) in [5.41, 5.74) is 1.46. The van der Waals surface area contributed by atoms with Crippen molar-refractivity contribution in [2.75, 3.05) is 6.54 Å². The van der Waals surface area contributed by atoms with Crippen LogP contribution >= 0.6 is 0 Å². The quantitative estimate of drug-likeness (QED) is 0.322. The van der Waals surface area contributed by atoms with Gasteiger partial charge in [0.1, 0.15) is 17.7 Å². The molecule has 0 spiro atoms. The van der Waals surface area contributed by atoms with Crippen molar-refractivity contribution in [3.05, 3.63) is 34.9 Å². The van der Waals surface area contributed by atoms with E-state index in [1.54, 1.807) is 25.7 Å². The summed E-state index contributed by atoms with van der Waals surface area (Å²) in [4.78, 5) is 42.6. The number of carbonyl (C=O) groups is 3. The lowest BCUT2D eigenvalue weighted by Gasteiger charge is -2.45. The summed E-state index contributed by atoms with van der Waals surface area (Å²) in [5.74, 6) is -0.369. The van der Waals surface area contributed by atoms with Crippen LogP contribution < -0.4 is 10.6 Å². The van der Waals surface area contributed by atoms with E-state index in [1.807, 2.05) is 66.7 Å². The van der Waals surface area contributed by atoms with Crippen LogP contribution in [0.25, 0.3) is 0 Å². The van der Waals surface area contributed by atoms with E-state index in [-0.39, 0.29) is 17.7 Å². The Kier molecular flexibility index (Phi) is 12.1. The predicted molar refractivity (Wildman–Crippen MR) is 150 cm³/mol. The number of unbranched alkanes of at least 4 members (excludes halogenated alkanes) is 1. The number of hydrogen-bond donors (Lipinski definition) is 2. The van der Waals surface area contributed by atoms with Crippen LogP contribution in [-0.4, -0.2) is 46.5 Å². The van der Waals surface area contributed by atoms with Gasteiger partial charge in [0.15, 0.2) is 0 Å². The van der Waals surface area contributed by atoms with E-state index in [9.17, 15) is 14.4 Å². The Bertz CT molecular complexity index is 918. The Morgan fingerprint density at radius 3 is 2.14 bits per heavy atom. The Balaban J connectivity index is 3.66. The molecule has 1 aromatic carbocycles. The van der Waals surface area contributed by atoms with E-state index in [0.29, 0.717) is 19.4 Å². The fourth-order valence-corrected chi connectivity index (χ4v) is 4.27. The van der Waals surface area contributed by atoms with Gasteiger partial charge < -0.3 is 20.3 Å². The third-order valence-electron chi connectivity index (χ3n) is 6.51. The van der Waals surface area contributed by atoms with Crippen molar-refractivity contribution in [2.24, 2.45) is 5.92 Å². The maximum Gasteiger partial charge on any atom is 0.408 e. The van der Waals surface area contributed by atoms with Crippen LogP contribution in [0.2, 0.25) is 0 Å². The zero-order valence-electron chi connectivity index (χ0n) is 25.1. The van der Waals surface area contributed by atoms with Crippen LogP contribution in [-0.2, 0) is 14.3 Å². The zero-order chi connectivity index (χ0) is 28.6. The average molecular weight is 518 g/mol. The van der Waals surface area contributed by atoms with Crippen LogP contribution in [0.5, 0.6) is 0 Å². The lowest BCUT2D eigenvalue weighted by atomic mass is 9.89. The van der Waals surface area contributed by atoms with Crippen LogP contribution in [0.4, 0.5) is 4.79 Å². The number of nitrogens with one attached hydrogen (secondary N) is 2. The maximum atomic E-state index is 14.4. The standard InChI is InChI=1S/C30H51N3O4/c1-12-14-17-31-26(34)25(23-16-15-21(5)19-22(23)6)33(30(10,11)13-2)27(35)24(18-20(3)4)32-28(36)37-29(7,8)9/h15-16,19-20,24-25H,12-14,17-18H2,1-11H3,(H,31,34)(H,32,36). The molecule has 0 fully saturated rings. The second-order valence-electron chi connectivity index (χ2n) is 12.1. The predicted octanol–water partition coefficient (Wildman–Crippen LogP) is 6.22.